The molecule has 1 N–H and O–H groups in total. The van der Waals surface area contributed by atoms with E-state index in [-0.39, 0.29) is 11.5 Å². The van der Waals surface area contributed by atoms with Crippen molar-refractivity contribution in [1.29, 1.82) is 0 Å². The fourth-order valence-electron chi connectivity index (χ4n) is 2.13. The fraction of sp³-hybridized carbons (Fsp3) is 0.462. The van der Waals surface area contributed by atoms with Gasteiger partial charge >= 0.3 is 0 Å². The molecule has 5 heteroatoms. The van der Waals surface area contributed by atoms with Gasteiger partial charge in [0, 0.05) is 24.0 Å². The van der Waals surface area contributed by atoms with Crippen LogP contribution in [0, 0.1) is 13.8 Å². The van der Waals surface area contributed by atoms with Crippen LogP contribution < -0.4 is 5.56 Å². The van der Waals surface area contributed by atoms with Gasteiger partial charge in [0.25, 0.3) is 5.56 Å². The number of nitrogens with zero attached hydrogens (tertiary/aromatic N) is 3. The highest BCUT2D eigenvalue weighted by Crippen LogP contribution is 2.20. The number of aromatic amines is 1. The van der Waals surface area contributed by atoms with E-state index in [4.69, 9.17) is 0 Å². The molecule has 0 bridgehead atoms. The molecule has 2 rings (SSSR count). The number of hydrogen-bond acceptors (Lipinski definition) is 3. The van der Waals surface area contributed by atoms with Crippen LogP contribution in [0.15, 0.2) is 11.0 Å². The van der Waals surface area contributed by atoms with Crippen LogP contribution in [0.2, 0.25) is 0 Å². The van der Waals surface area contributed by atoms with E-state index in [9.17, 15) is 4.79 Å². The highest BCUT2D eigenvalue weighted by atomic mass is 16.1. The second kappa shape index (κ2) is 4.40. The second-order valence-electron chi connectivity index (χ2n) is 4.84. The lowest BCUT2D eigenvalue weighted by Crippen LogP contribution is -2.18. The molecule has 0 aliphatic rings. The number of rotatable bonds is 2. The molecule has 0 radical (unpaired) electrons. The Balaban J connectivity index is 2.62. The monoisotopic (exact) mass is 246 g/mol. The van der Waals surface area contributed by atoms with Crippen molar-refractivity contribution in [2.45, 2.75) is 33.6 Å². The zero-order valence-corrected chi connectivity index (χ0v) is 11.4. The lowest BCUT2D eigenvalue weighted by Gasteiger charge is -2.09. The molecule has 0 atom stereocenters. The summed E-state index contributed by atoms with van der Waals surface area (Å²) >= 11 is 0. The Labute approximate surface area is 106 Å². The second-order valence-corrected chi connectivity index (χ2v) is 4.84. The van der Waals surface area contributed by atoms with Gasteiger partial charge in [0.05, 0.1) is 11.8 Å². The average molecular weight is 246 g/mol. The van der Waals surface area contributed by atoms with Gasteiger partial charge < -0.3 is 4.98 Å². The van der Waals surface area contributed by atoms with E-state index in [2.05, 4.69) is 15.1 Å². The van der Waals surface area contributed by atoms with Crippen molar-refractivity contribution in [3.05, 3.63) is 33.5 Å². The van der Waals surface area contributed by atoms with Gasteiger partial charge in [-0.05, 0) is 19.8 Å². The first-order valence-electron chi connectivity index (χ1n) is 6.01. The van der Waals surface area contributed by atoms with E-state index in [0.717, 1.165) is 22.5 Å². The van der Waals surface area contributed by atoms with Gasteiger partial charge in [-0.1, -0.05) is 13.8 Å². The van der Waals surface area contributed by atoms with Crippen LogP contribution in [0.4, 0.5) is 0 Å². The molecule has 0 fully saturated rings. The van der Waals surface area contributed by atoms with Gasteiger partial charge in [0.2, 0.25) is 0 Å². The van der Waals surface area contributed by atoms with Crippen LogP contribution in [-0.2, 0) is 7.05 Å². The minimum absolute atomic E-state index is 0.0595. The first-order chi connectivity index (χ1) is 8.41. The number of aromatic nitrogens is 4. The maximum atomic E-state index is 12.1. The fourth-order valence-corrected chi connectivity index (χ4v) is 2.13. The Kier molecular flexibility index (Phi) is 3.07. The maximum Gasteiger partial charge on any atom is 0.254 e. The number of aryl methyl sites for hydroxylation is 2. The molecule has 0 saturated carbocycles. The third-order valence-corrected chi connectivity index (χ3v) is 3.21. The van der Waals surface area contributed by atoms with Crippen molar-refractivity contribution in [1.82, 2.24) is 19.7 Å². The molecule has 0 aliphatic heterocycles. The van der Waals surface area contributed by atoms with Crippen molar-refractivity contribution in [3.63, 3.8) is 0 Å². The molecule has 2 heterocycles. The number of hydrogen-bond donors (Lipinski definition) is 1. The van der Waals surface area contributed by atoms with E-state index in [1.807, 2.05) is 34.7 Å². The Morgan fingerprint density at radius 2 is 2.00 bits per heavy atom. The molecule has 2 aromatic heterocycles. The molecular weight excluding hydrogens is 228 g/mol. The predicted molar refractivity (Wildman–Crippen MR) is 70.6 cm³/mol. The highest BCUT2D eigenvalue weighted by Gasteiger charge is 2.14. The Morgan fingerprint density at radius 3 is 2.44 bits per heavy atom. The summed E-state index contributed by atoms with van der Waals surface area (Å²) in [6, 6.07) is 0. The molecule has 0 unspecified atom stereocenters. The number of nitrogens with one attached hydrogen (secondary N) is 1. The molecule has 2 aromatic rings. The topological polar surface area (TPSA) is 63.6 Å². The lowest BCUT2D eigenvalue weighted by molar-refractivity contribution is 0.740. The normalized spacial score (nSPS) is 11.2. The summed E-state index contributed by atoms with van der Waals surface area (Å²) in [5, 5.41) is 4.16. The van der Waals surface area contributed by atoms with Gasteiger partial charge in [-0.15, -0.1) is 0 Å². The molecule has 96 valence electrons. The van der Waals surface area contributed by atoms with Crippen LogP contribution >= 0.6 is 0 Å². The largest absolute Gasteiger partial charge is 0.306 e. The van der Waals surface area contributed by atoms with Gasteiger partial charge in [-0.3, -0.25) is 9.48 Å². The summed E-state index contributed by atoms with van der Waals surface area (Å²) in [5.74, 6) is 0.762. The highest BCUT2D eigenvalue weighted by molar-refractivity contribution is 5.57. The molecule has 0 saturated heterocycles. The van der Waals surface area contributed by atoms with Crippen LogP contribution in [0.25, 0.3) is 11.4 Å². The maximum absolute atomic E-state index is 12.1. The Hall–Kier alpha value is -1.91. The minimum Gasteiger partial charge on any atom is -0.306 e. The Morgan fingerprint density at radius 1 is 1.33 bits per heavy atom. The quantitative estimate of drug-likeness (QED) is 0.880. The summed E-state index contributed by atoms with van der Waals surface area (Å²) in [7, 11) is 1.87. The van der Waals surface area contributed by atoms with Gasteiger partial charge in [0.1, 0.15) is 5.82 Å². The third-order valence-electron chi connectivity index (χ3n) is 3.21. The van der Waals surface area contributed by atoms with Gasteiger partial charge in [0.15, 0.2) is 0 Å². The molecule has 0 aliphatic carbocycles. The molecule has 0 spiro atoms. The summed E-state index contributed by atoms with van der Waals surface area (Å²) < 4.78 is 1.76. The van der Waals surface area contributed by atoms with E-state index >= 15 is 0 Å². The van der Waals surface area contributed by atoms with Crippen molar-refractivity contribution in [2.75, 3.05) is 0 Å². The predicted octanol–water partition coefficient (Wildman–Crippen LogP) is 1.91. The average Bonchev–Trinajstić information content (AvgIpc) is 2.58. The van der Waals surface area contributed by atoms with Crippen LogP contribution in [0.5, 0.6) is 0 Å². The van der Waals surface area contributed by atoms with Gasteiger partial charge in [-0.2, -0.15) is 5.10 Å². The zero-order chi connectivity index (χ0) is 13.4. The number of H-pyrrole nitrogens is 1. The van der Waals surface area contributed by atoms with Crippen molar-refractivity contribution < 1.29 is 0 Å². The minimum atomic E-state index is -0.0595. The third kappa shape index (κ3) is 1.96. The Bertz CT molecular complexity index is 637. The van der Waals surface area contributed by atoms with Crippen LogP contribution in [0.1, 0.15) is 36.7 Å². The van der Waals surface area contributed by atoms with E-state index in [1.54, 1.807) is 10.9 Å². The summed E-state index contributed by atoms with van der Waals surface area (Å²) in [6.07, 6.45) is 1.72. The smallest absolute Gasteiger partial charge is 0.254 e. The lowest BCUT2D eigenvalue weighted by atomic mass is 10.0. The first-order valence-corrected chi connectivity index (χ1v) is 6.01. The summed E-state index contributed by atoms with van der Waals surface area (Å²) in [4.78, 5) is 19.4. The summed E-state index contributed by atoms with van der Waals surface area (Å²) in [5.41, 5.74) is 3.32. The van der Waals surface area contributed by atoms with Crippen molar-refractivity contribution in [3.8, 4) is 11.4 Å². The van der Waals surface area contributed by atoms with Gasteiger partial charge in [-0.25, -0.2) is 4.98 Å². The van der Waals surface area contributed by atoms with Crippen molar-refractivity contribution in [2.24, 2.45) is 7.05 Å². The van der Waals surface area contributed by atoms with Crippen LogP contribution in [-0.4, -0.2) is 19.7 Å². The molecule has 18 heavy (non-hydrogen) atoms. The molecular formula is C13H18N4O. The first kappa shape index (κ1) is 12.5. The zero-order valence-electron chi connectivity index (χ0n) is 11.4. The SMILES string of the molecule is Cc1nc(-c2cnn(C)c2C)[nH]c(=O)c1C(C)C. The standard InChI is InChI=1S/C13H18N4O/c1-7(2)11-8(3)15-12(16-13(11)18)10-6-14-17(5)9(10)4/h6-7H,1-5H3,(H,15,16,18). The molecule has 5 nitrogen and oxygen atoms in total. The van der Waals surface area contributed by atoms with Crippen LogP contribution in [0.3, 0.4) is 0 Å². The van der Waals surface area contributed by atoms with E-state index < -0.39 is 0 Å². The molecule has 0 aromatic carbocycles. The molecule has 0 amide bonds. The van der Waals surface area contributed by atoms with Crippen molar-refractivity contribution >= 4 is 0 Å². The van der Waals surface area contributed by atoms with E-state index in [0.29, 0.717) is 5.82 Å². The summed E-state index contributed by atoms with van der Waals surface area (Å²) in [6.45, 7) is 7.82. The van der Waals surface area contributed by atoms with E-state index in [1.165, 1.54) is 0 Å².